The van der Waals surface area contributed by atoms with Gasteiger partial charge < -0.3 is 10.2 Å². The summed E-state index contributed by atoms with van der Waals surface area (Å²) in [4.78, 5) is 25.6. The molecule has 1 aliphatic rings. The molecule has 0 saturated carbocycles. The lowest BCUT2D eigenvalue weighted by molar-refractivity contribution is -0.131. The summed E-state index contributed by atoms with van der Waals surface area (Å²) in [6.07, 6.45) is 1.15. The minimum atomic E-state index is -3.22. The largest absolute Gasteiger partial charge is 0.342 e. The summed E-state index contributed by atoms with van der Waals surface area (Å²) in [6.45, 7) is 2.90. The highest BCUT2D eigenvalue weighted by Crippen LogP contribution is 2.06. The fourth-order valence-corrected chi connectivity index (χ4v) is 3.13. The van der Waals surface area contributed by atoms with Gasteiger partial charge in [0.05, 0.1) is 12.8 Å². The van der Waals surface area contributed by atoms with Crippen molar-refractivity contribution in [2.24, 2.45) is 7.05 Å². The van der Waals surface area contributed by atoms with Crippen LogP contribution in [0.3, 0.4) is 0 Å². The van der Waals surface area contributed by atoms with Crippen LogP contribution in [0.4, 0.5) is 0 Å². The van der Waals surface area contributed by atoms with E-state index in [1.165, 1.54) is 4.31 Å². The second kappa shape index (κ2) is 6.67. The zero-order chi connectivity index (χ0) is 17.2. The van der Waals surface area contributed by atoms with Crippen molar-refractivity contribution >= 4 is 21.8 Å². The minimum absolute atomic E-state index is 0.132. The van der Waals surface area contributed by atoms with Crippen LogP contribution in [0.5, 0.6) is 0 Å². The van der Waals surface area contributed by atoms with Crippen LogP contribution in [0, 0.1) is 6.92 Å². The predicted molar refractivity (Wildman–Crippen MR) is 83.3 cm³/mol. The molecule has 2 heterocycles. The van der Waals surface area contributed by atoms with Crippen LogP contribution in [0.1, 0.15) is 16.2 Å². The van der Waals surface area contributed by atoms with E-state index in [-0.39, 0.29) is 31.2 Å². The van der Waals surface area contributed by atoms with Gasteiger partial charge in [-0.15, -0.1) is 0 Å². The number of aryl methyl sites for hydroxylation is 2. The Kier molecular flexibility index (Phi) is 5.05. The highest BCUT2D eigenvalue weighted by Gasteiger charge is 2.26. The zero-order valence-corrected chi connectivity index (χ0v) is 14.3. The summed E-state index contributed by atoms with van der Waals surface area (Å²) in [5, 5.41) is 6.58. The molecule has 1 saturated heterocycles. The Morgan fingerprint density at radius 1 is 1.26 bits per heavy atom. The second-order valence-electron chi connectivity index (χ2n) is 5.52. The van der Waals surface area contributed by atoms with E-state index in [9.17, 15) is 18.0 Å². The first-order chi connectivity index (χ1) is 10.7. The van der Waals surface area contributed by atoms with Gasteiger partial charge in [0.2, 0.25) is 15.9 Å². The molecule has 0 aliphatic carbocycles. The SMILES string of the molecule is Cc1cc(C(=O)NCC(=O)N2CCN(S(C)(=O)=O)CC2)nn1C. The number of carbonyl (C=O) groups is 2. The van der Waals surface area contributed by atoms with Crippen LogP contribution in [0.25, 0.3) is 0 Å². The molecule has 2 amide bonds. The molecular weight excluding hydrogens is 322 g/mol. The van der Waals surface area contributed by atoms with Gasteiger partial charge in [0, 0.05) is 38.9 Å². The first kappa shape index (κ1) is 17.4. The predicted octanol–water partition coefficient (Wildman–Crippen LogP) is -1.44. The van der Waals surface area contributed by atoms with Gasteiger partial charge in [-0.2, -0.15) is 9.40 Å². The standard InChI is InChI=1S/C13H21N5O4S/c1-10-8-11(15-16(10)2)13(20)14-9-12(19)17-4-6-18(7-5-17)23(3,21)22/h8H,4-7,9H2,1-3H3,(H,14,20). The average Bonchev–Trinajstić information content (AvgIpc) is 2.83. The molecule has 0 bridgehead atoms. The molecule has 1 aromatic rings. The molecule has 128 valence electrons. The molecule has 23 heavy (non-hydrogen) atoms. The van der Waals surface area contributed by atoms with Crippen LogP contribution in [-0.4, -0.2) is 78.2 Å². The normalized spacial score (nSPS) is 16.4. The highest BCUT2D eigenvalue weighted by atomic mass is 32.2. The Morgan fingerprint density at radius 3 is 2.35 bits per heavy atom. The van der Waals surface area contributed by atoms with E-state index in [2.05, 4.69) is 10.4 Å². The molecule has 0 aromatic carbocycles. The number of amides is 2. The van der Waals surface area contributed by atoms with Crippen molar-refractivity contribution in [1.82, 2.24) is 24.3 Å². The Hall–Kier alpha value is -1.94. The van der Waals surface area contributed by atoms with Gasteiger partial charge in [-0.05, 0) is 13.0 Å². The van der Waals surface area contributed by atoms with E-state index in [1.807, 2.05) is 6.92 Å². The van der Waals surface area contributed by atoms with Crippen LogP contribution in [-0.2, 0) is 21.9 Å². The van der Waals surface area contributed by atoms with Gasteiger partial charge in [0.1, 0.15) is 5.69 Å². The fourth-order valence-electron chi connectivity index (χ4n) is 2.30. The summed E-state index contributed by atoms with van der Waals surface area (Å²) in [6, 6.07) is 1.64. The Bertz CT molecular complexity index is 684. The molecule has 10 heteroatoms. The van der Waals surface area contributed by atoms with Crippen molar-refractivity contribution in [1.29, 1.82) is 0 Å². The Morgan fingerprint density at radius 2 is 1.87 bits per heavy atom. The van der Waals surface area contributed by atoms with Crippen LogP contribution in [0.2, 0.25) is 0 Å². The maximum Gasteiger partial charge on any atom is 0.272 e. The number of aromatic nitrogens is 2. The van der Waals surface area contributed by atoms with Gasteiger partial charge in [-0.25, -0.2) is 8.42 Å². The highest BCUT2D eigenvalue weighted by molar-refractivity contribution is 7.88. The lowest BCUT2D eigenvalue weighted by Gasteiger charge is -2.33. The maximum absolute atomic E-state index is 12.1. The molecule has 1 aromatic heterocycles. The number of carbonyl (C=O) groups excluding carboxylic acids is 2. The number of hydrogen-bond donors (Lipinski definition) is 1. The summed E-state index contributed by atoms with van der Waals surface area (Å²) in [5.41, 5.74) is 1.11. The first-order valence-electron chi connectivity index (χ1n) is 7.20. The third-order valence-electron chi connectivity index (χ3n) is 3.81. The monoisotopic (exact) mass is 343 g/mol. The molecule has 9 nitrogen and oxygen atoms in total. The minimum Gasteiger partial charge on any atom is -0.342 e. The zero-order valence-electron chi connectivity index (χ0n) is 13.4. The summed E-state index contributed by atoms with van der Waals surface area (Å²) in [5.74, 6) is -0.643. The molecule has 0 spiro atoms. The lowest BCUT2D eigenvalue weighted by Crippen LogP contribution is -2.52. The van der Waals surface area contributed by atoms with Crippen LogP contribution < -0.4 is 5.32 Å². The Labute approximate surface area is 135 Å². The fraction of sp³-hybridized carbons (Fsp3) is 0.615. The van der Waals surface area contributed by atoms with E-state index in [0.717, 1.165) is 11.9 Å². The molecule has 0 radical (unpaired) electrons. The second-order valence-corrected chi connectivity index (χ2v) is 7.50. The number of piperazine rings is 1. The number of nitrogens with zero attached hydrogens (tertiary/aromatic N) is 4. The van der Waals surface area contributed by atoms with Crippen molar-refractivity contribution in [3.63, 3.8) is 0 Å². The van der Waals surface area contributed by atoms with Gasteiger partial charge >= 0.3 is 0 Å². The van der Waals surface area contributed by atoms with Crippen LogP contribution in [0.15, 0.2) is 6.07 Å². The number of rotatable bonds is 4. The molecule has 0 atom stereocenters. The van der Waals surface area contributed by atoms with Gasteiger partial charge in [0.15, 0.2) is 0 Å². The number of hydrogen-bond acceptors (Lipinski definition) is 5. The molecule has 0 unspecified atom stereocenters. The van der Waals surface area contributed by atoms with Gasteiger partial charge in [-0.1, -0.05) is 0 Å². The number of sulfonamides is 1. The lowest BCUT2D eigenvalue weighted by atomic mass is 10.3. The molecule has 2 rings (SSSR count). The summed E-state index contributed by atoms with van der Waals surface area (Å²) in [7, 11) is -1.49. The molecule has 1 fully saturated rings. The summed E-state index contributed by atoms with van der Waals surface area (Å²) < 4.78 is 25.8. The van der Waals surface area contributed by atoms with E-state index in [1.54, 1.807) is 22.7 Å². The quantitative estimate of drug-likeness (QED) is 0.721. The van der Waals surface area contributed by atoms with Gasteiger partial charge in [0.25, 0.3) is 5.91 Å². The smallest absolute Gasteiger partial charge is 0.272 e. The summed E-state index contributed by atoms with van der Waals surface area (Å²) >= 11 is 0. The van der Waals surface area contributed by atoms with Crippen molar-refractivity contribution in [3.8, 4) is 0 Å². The van der Waals surface area contributed by atoms with E-state index < -0.39 is 15.9 Å². The maximum atomic E-state index is 12.1. The average molecular weight is 343 g/mol. The molecular formula is C13H21N5O4S. The topological polar surface area (TPSA) is 105 Å². The molecule has 1 aliphatic heterocycles. The van der Waals surface area contributed by atoms with E-state index >= 15 is 0 Å². The first-order valence-corrected chi connectivity index (χ1v) is 9.05. The van der Waals surface area contributed by atoms with E-state index in [0.29, 0.717) is 13.1 Å². The molecule has 1 N–H and O–H groups in total. The van der Waals surface area contributed by atoms with Crippen LogP contribution >= 0.6 is 0 Å². The van der Waals surface area contributed by atoms with Crippen molar-refractivity contribution in [3.05, 3.63) is 17.5 Å². The number of nitrogens with one attached hydrogen (secondary N) is 1. The third-order valence-corrected chi connectivity index (χ3v) is 5.11. The third kappa shape index (κ3) is 4.29. The van der Waals surface area contributed by atoms with Crippen molar-refractivity contribution in [2.45, 2.75) is 6.92 Å². The van der Waals surface area contributed by atoms with Gasteiger partial charge in [-0.3, -0.25) is 14.3 Å². The Balaban J connectivity index is 1.83. The van der Waals surface area contributed by atoms with E-state index in [4.69, 9.17) is 0 Å². The van der Waals surface area contributed by atoms with Crippen molar-refractivity contribution in [2.75, 3.05) is 39.0 Å². The van der Waals surface area contributed by atoms with Crippen molar-refractivity contribution < 1.29 is 18.0 Å².